The average molecular weight is 312 g/mol. The second-order valence-corrected chi connectivity index (χ2v) is 7.38. The van der Waals surface area contributed by atoms with Crippen molar-refractivity contribution in [3.63, 3.8) is 0 Å². The third kappa shape index (κ3) is 4.47. The van der Waals surface area contributed by atoms with Gasteiger partial charge in [0.25, 0.3) is 0 Å². The molecule has 1 aromatic rings. The van der Waals surface area contributed by atoms with Crippen LogP contribution < -0.4 is 4.90 Å². The number of benzene rings is 1. The van der Waals surface area contributed by atoms with Crippen molar-refractivity contribution in [1.29, 1.82) is 0 Å². The molecule has 3 heteroatoms. The molecule has 0 unspecified atom stereocenters. The summed E-state index contributed by atoms with van der Waals surface area (Å²) in [5, 5.41) is 0. The number of likely N-dealkylation sites (N-methyl/N-ethyl adjacent to an activating group) is 1. The van der Waals surface area contributed by atoms with E-state index in [4.69, 9.17) is 0 Å². The number of halogens is 2. The Kier molecular flexibility index (Phi) is 5.49. The Balaban J connectivity index is 0.00000220. The van der Waals surface area contributed by atoms with Crippen LogP contribution in [0.1, 0.15) is 40.5 Å². The smallest absolute Gasteiger partial charge is 0.125 e. The van der Waals surface area contributed by atoms with Gasteiger partial charge < -0.3 is 4.90 Å². The van der Waals surface area contributed by atoms with E-state index in [2.05, 4.69) is 38.7 Å². The molecule has 0 saturated carbocycles. The zero-order valence-corrected chi connectivity index (χ0v) is 14.6. The minimum absolute atomic E-state index is 0. The fraction of sp³-hybridized carbons (Fsp3) is 0.556. The normalized spacial score (nSPS) is 19.4. The number of hydrogen-bond acceptors (Lipinski definition) is 1. The fourth-order valence-electron chi connectivity index (χ4n) is 2.85. The van der Waals surface area contributed by atoms with Crippen LogP contribution >= 0.6 is 12.4 Å². The summed E-state index contributed by atoms with van der Waals surface area (Å²) in [6, 6.07) is 6.82. The zero-order chi connectivity index (χ0) is 15.0. The number of nitrogens with zero attached hydrogens (tertiary/aromatic N) is 1. The molecule has 1 aliphatic carbocycles. The lowest BCUT2D eigenvalue weighted by molar-refractivity contribution is 0.277. The molecule has 1 aliphatic rings. The molecule has 0 amide bonds. The minimum Gasteiger partial charge on any atom is -0.370 e. The van der Waals surface area contributed by atoms with Gasteiger partial charge in [-0.2, -0.15) is 0 Å². The first-order valence-corrected chi connectivity index (χ1v) is 7.39. The number of allylic oxidation sites excluding steroid dienone is 1. The Bertz CT molecular complexity index is 520. The van der Waals surface area contributed by atoms with E-state index in [1.807, 2.05) is 13.1 Å². The van der Waals surface area contributed by atoms with E-state index in [9.17, 15) is 4.39 Å². The van der Waals surface area contributed by atoms with Gasteiger partial charge >= 0.3 is 0 Å². The summed E-state index contributed by atoms with van der Waals surface area (Å²) >= 11 is 0. The Morgan fingerprint density at radius 3 is 2.43 bits per heavy atom. The van der Waals surface area contributed by atoms with E-state index >= 15 is 0 Å². The van der Waals surface area contributed by atoms with Crippen LogP contribution in [0.5, 0.6) is 0 Å². The van der Waals surface area contributed by atoms with E-state index in [1.165, 1.54) is 24.5 Å². The molecular weight excluding hydrogens is 285 g/mol. The second-order valence-electron chi connectivity index (χ2n) is 7.38. The van der Waals surface area contributed by atoms with E-state index in [-0.39, 0.29) is 29.1 Å². The summed E-state index contributed by atoms with van der Waals surface area (Å²) < 4.78 is 13.3. The fourth-order valence-corrected chi connectivity index (χ4v) is 2.85. The molecular formula is C18H27ClFN. The van der Waals surface area contributed by atoms with E-state index in [1.54, 1.807) is 12.1 Å². The summed E-state index contributed by atoms with van der Waals surface area (Å²) in [4.78, 5) is 2.14. The molecule has 0 atom stereocenters. The minimum atomic E-state index is -0.174. The molecule has 0 bridgehead atoms. The lowest BCUT2D eigenvalue weighted by atomic mass is 9.67. The molecule has 2 rings (SSSR count). The largest absolute Gasteiger partial charge is 0.370 e. The van der Waals surface area contributed by atoms with Crippen molar-refractivity contribution in [2.75, 3.05) is 18.5 Å². The summed E-state index contributed by atoms with van der Waals surface area (Å²) in [7, 11) is 2.04. The van der Waals surface area contributed by atoms with Crippen molar-refractivity contribution in [2.24, 2.45) is 10.8 Å². The lowest BCUT2D eigenvalue weighted by Crippen LogP contribution is -2.33. The second kappa shape index (κ2) is 6.39. The van der Waals surface area contributed by atoms with Crippen LogP contribution in [0.25, 0.3) is 0 Å². The first kappa shape index (κ1) is 18.0. The highest BCUT2D eigenvalue weighted by Crippen LogP contribution is 2.44. The van der Waals surface area contributed by atoms with Gasteiger partial charge in [0.1, 0.15) is 5.82 Å². The van der Waals surface area contributed by atoms with Crippen LogP contribution in [-0.2, 0) is 0 Å². The highest BCUT2D eigenvalue weighted by molar-refractivity contribution is 5.85. The van der Waals surface area contributed by atoms with Gasteiger partial charge in [-0.15, -0.1) is 12.4 Å². The van der Waals surface area contributed by atoms with Gasteiger partial charge in [0.2, 0.25) is 0 Å². The van der Waals surface area contributed by atoms with Gasteiger partial charge in [0, 0.05) is 19.3 Å². The van der Waals surface area contributed by atoms with E-state index < -0.39 is 0 Å². The number of rotatable bonds is 3. The van der Waals surface area contributed by atoms with Crippen molar-refractivity contribution >= 4 is 18.1 Å². The van der Waals surface area contributed by atoms with Gasteiger partial charge in [-0.3, -0.25) is 0 Å². The molecule has 0 N–H and O–H groups in total. The van der Waals surface area contributed by atoms with Gasteiger partial charge in [0.15, 0.2) is 0 Å². The van der Waals surface area contributed by atoms with E-state index in [0.29, 0.717) is 0 Å². The first-order chi connectivity index (χ1) is 9.20. The van der Waals surface area contributed by atoms with Gasteiger partial charge in [0.05, 0.1) is 0 Å². The average Bonchev–Trinajstić information content (AvgIpc) is 2.34. The first-order valence-electron chi connectivity index (χ1n) is 7.39. The van der Waals surface area contributed by atoms with Crippen molar-refractivity contribution < 1.29 is 4.39 Å². The topological polar surface area (TPSA) is 3.24 Å². The van der Waals surface area contributed by atoms with Crippen LogP contribution in [0.3, 0.4) is 0 Å². The molecule has 21 heavy (non-hydrogen) atoms. The summed E-state index contributed by atoms with van der Waals surface area (Å²) in [6.07, 6.45) is 4.86. The molecule has 0 spiro atoms. The van der Waals surface area contributed by atoms with Gasteiger partial charge in [-0.25, -0.2) is 4.39 Å². The maximum absolute atomic E-state index is 13.3. The predicted molar refractivity (Wildman–Crippen MR) is 91.8 cm³/mol. The Labute approximate surface area is 134 Å². The molecule has 1 aromatic carbocycles. The SMILES string of the molecule is CN(CC1=CC(C)(C)CCC1(C)C)c1cccc(F)c1.Cl. The molecule has 0 radical (unpaired) electrons. The molecule has 0 saturated heterocycles. The molecule has 0 heterocycles. The molecule has 118 valence electrons. The van der Waals surface area contributed by atoms with Gasteiger partial charge in [-0.1, -0.05) is 39.8 Å². The Morgan fingerprint density at radius 1 is 1.14 bits per heavy atom. The standard InChI is InChI=1S/C18H26FN.ClH/c1-17(2)9-10-18(3,4)14(12-17)13-20(5)16-8-6-7-15(19)11-16;/h6-8,11-12H,9-10,13H2,1-5H3;1H. The van der Waals surface area contributed by atoms with Crippen molar-refractivity contribution in [3.8, 4) is 0 Å². The summed E-state index contributed by atoms with van der Waals surface area (Å²) in [5.41, 5.74) is 2.90. The van der Waals surface area contributed by atoms with E-state index in [0.717, 1.165) is 12.2 Å². The predicted octanol–water partition coefficient (Wildman–Crippen LogP) is 5.46. The summed E-state index contributed by atoms with van der Waals surface area (Å²) in [5.74, 6) is -0.174. The summed E-state index contributed by atoms with van der Waals surface area (Å²) in [6.45, 7) is 10.1. The van der Waals surface area contributed by atoms with Crippen LogP contribution in [0, 0.1) is 16.6 Å². The van der Waals surface area contributed by atoms with Crippen LogP contribution in [-0.4, -0.2) is 13.6 Å². The third-order valence-electron chi connectivity index (χ3n) is 4.49. The molecule has 0 aromatic heterocycles. The maximum atomic E-state index is 13.3. The van der Waals surface area contributed by atoms with Crippen LogP contribution in [0.2, 0.25) is 0 Å². The van der Waals surface area contributed by atoms with Gasteiger partial charge in [-0.05, 0) is 47.4 Å². The Hall–Kier alpha value is -1.02. The van der Waals surface area contributed by atoms with Crippen molar-refractivity contribution in [1.82, 2.24) is 0 Å². The monoisotopic (exact) mass is 311 g/mol. The lowest BCUT2D eigenvalue weighted by Gasteiger charge is -2.40. The highest BCUT2D eigenvalue weighted by Gasteiger charge is 2.33. The van der Waals surface area contributed by atoms with Crippen molar-refractivity contribution in [3.05, 3.63) is 41.7 Å². The zero-order valence-electron chi connectivity index (χ0n) is 13.7. The third-order valence-corrected chi connectivity index (χ3v) is 4.49. The highest BCUT2D eigenvalue weighted by atomic mass is 35.5. The Morgan fingerprint density at radius 2 is 1.81 bits per heavy atom. The molecule has 1 nitrogen and oxygen atoms in total. The van der Waals surface area contributed by atoms with Crippen molar-refractivity contribution in [2.45, 2.75) is 40.5 Å². The number of anilines is 1. The molecule has 0 fully saturated rings. The maximum Gasteiger partial charge on any atom is 0.125 e. The van der Waals surface area contributed by atoms with Crippen LogP contribution in [0.15, 0.2) is 35.9 Å². The number of hydrogen-bond donors (Lipinski definition) is 0. The quantitative estimate of drug-likeness (QED) is 0.670. The molecule has 0 aliphatic heterocycles. The van der Waals surface area contributed by atoms with Crippen LogP contribution in [0.4, 0.5) is 10.1 Å².